The van der Waals surface area contributed by atoms with E-state index >= 15 is 0 Å². The average molecular weight is 354 g/mol. The van der Waals surface area contributed by atoms with E-state index in [-0.39, 0.29) is 61.7 Å². The summed E-state index contributed by atoms with van der Waals surface area (Å²) in [6.45, 7) is 2.12. The Balaban J connectivity index is -0.0000000891. The van der Waals surface area contributed by atoms with E-state index in [1.54, 1.807) is 0 Å². The number of nitrogens with one attached hydrogen (secondary N) is 2. The maximum absolute atomic E-state index is 12.1. The van der Waals surface area contributed by atoms with Crippen LogP contribution in [0.3, 0.4) is 0 Å². The third kappa shape index (κ3) is 9.75. The predicted molar refractivity (Wildman–Crippen MR) is 80.5 cm³/mol. The molecule has 0 radical (unpaired) electrons. The molecule has 0 spiro atoms. The van der Waals surface area contributed by atoms with Crippen LogP contribution in [0.15, 0.2) is 0 Å². The van der Waals surface area contributed by atoms with Gasteiger partial charge in [-0.2, -0.15) is 0 Å². The fraction of sp³-hybridized carbons (Fsp3) is 1.00. The predicted octanol–water partition coefficient (Wildman–Crippen LogP) is 0.197. The van der Waals surface area contributed by atoms with E-state index in [2.05, 4.69) is 10.6 Å². The first-order valence-electron chi connectivity index (χ1n) is 4.82. The van der Waals surface area contributed by atoms with E-state index in [0.29, 0.717) is 26.2 Å². The molecule has 2 aliphatic rings. The third-order valence-corrected chi connectivity index (χ3v) is 2.37. The highest BCUT2D eigenvalue weighted by Gasteiger charge is 2.22. The van der Waals surface area contributed by atoms with Crippen molar-refractivity contribution in [3.8, 4) is 0 Å². The van der Waals surface area contributed by atoms with Crippen molar-refractivity contribution in [3.63, 3.8) is 0 Å². The smallest absolute Gasteiger partial charge is 0.129 e. The minimum atomic E-state index is -0.819. The Hall–Kier alpha value is 0.860. The normalized spacial score (nSPS) is 32.7. The molecule has 0 saturated carbocycles. The van der Waals surface area contributed by atoms with Crippen molar-refractivity contribution in [2.45, 2.75) is 24.4 Å². The maximum atomic E-state index is 12.1. The van der Waals surface area contributed by atoms with Crippen molar-refractivity contribution in [2.24, 2.45) is 11.5 Å². The second kappa shape index (κ2) is 14.3. The van der Waals surface area contributed by atoms with Gasteiger partial charge in [-0.05, 0) is 0 Å². The van der Waals surface area contributed by atoms with Crippen molar-refractivity contribution in [1.82, 2.24) is 10.6 Å². The van der Waals surface area contributed by atoms with Gasteiger partial charge in [0.1, 0.15) is 12.3 Å². The zero-order chi connectivity index (χ0) is 10.6. The van der Waals surface area contributed by atoms with Gasteiger partial charge in [0.25, 0.3) is 0 Å². The maximum Gasteiger partial charge on any atom is 0.129 e. The topological polar surface area (TPSA) is 76.1 Å². The number of hydrogen-bond acceptors (Lipinski definition) is 4. The lowest BCUT2D eigenvalue weighted by Crippen LogP contribution is -2.29. The van der Waals surface area contributed by atoms with Crippen LogP contribution >= 0.6 is 49.6 Å². The Morgan fingerprint density at radius 2 is 0.944 bits per heavy atom. The zero-order valence-electron chi connectivity index (χ0n) is 9.68. The molecule has 10 heteroatoms. The standard InChI is InChI=1S/2C4H9FN2.4ClH/c2*5-3-1-7-2-4(3)6;;;;/h2*3-4,7H,1-2,6H2;4*1H/t2*3-,4-;;;;/m10..../s1. The van der Waals surface area contributed by atoms with E-state index in [1.807, 2.05) is 0 Å². The summed E-state index contributed by atoms with van der Waals surface area (Å²) in [5.41, 5.74) is 10.5. The second-order valence-corrected chi connectivity index (χ2v) is 3.68. The van der Waals surface area contributed by atoms with Crippen molar-refractivity contribution in [2.75, 3.05) is 26.2 Å². The first-order chi connectivity index (χ1) is 6.61. The Labute approximate surface area is 131 Å². The number of rotatable bonds is 0. The van der Waals surface area contributed by atoms with Gasteiger partial charge in [-0.25, -0.2) is 8.78 Å². The third-order valence-electron chi connectivity index (χ3n) is 2.37. The second-order valence-electron chi connectivity index (χ2n) is 3.68. The molecule has 2 aliphatic heterocycles. The van der Waals surface area contributed by atoms with Crippen molar-refractivity contribution < 1.29 is 8.78 Å². The van der Waals surface area contributed by atoms with Crippen LogP contribution in [-0.4, -0.2) is 50.6 Å². The molecule has 2 fully saturated rings. The van der Waals surface area contributed by atoms with Crippen molar-refractivity contribution >= 4 is 49.6 Å². The highest BCUT2D eigenvalue weighted by atomic mass is 35.5. The minimum Gasteiger partial charge on any atom is -0.324 e. The summed E-state index contributed by atoms with van der Waals surface area (Å²) >= 11 is 0. The summed E-state index contributed by atoms with van der Waals surface area (Å²) in [6, 6.07) is -0.528. The first-order valence-corrected chi connectivity index (χ1v) is 4.82. The van der Waals surface area contributed by atoms with Gasteiger partial charge in [-0.1, -0.05) is 0 Å². The summed E-state index contributed by atoms with van der Waals surface area (Å²) in [4.78, 5) is 0. The highest BCUT2D eigenvalue weighted by molar-refractivity contribution is 5.86. The van der Waals surface area contributed by atoms with Gasteiger partial charge >= 0.3 is 0 Å². The number of alkyl halides is 2. The summed E-state index contributed by atoms with van der Waals surface area (Å²) in [5, 5.41) is 5.64. The SMILES string of the molecule is Cl.Cl.Cl.Cl.N[C@@H]1CNC[C@H]1F.N[C@H]1CNC[C@@H]1F. The van der Waals surface area contributed by atoms with E-state index in [0.717, 1.165) is 0 Å². The lowest BCUT2D eigenvalue weighted by Gasteiger charge is -1.99. The van der Waals surface area contributed by atoms with E-state index in [9.17, 15) is 8.78 Å². The quantitative estimate of drug-likeness (QED) is 0.501. The van der Waals surface area contributed by atoms with Crippen LogP contribution in [0.5, 0.6) is 0 Å². The minimum absolute atomic E-state index is 0. The van der Waals surface area contributed by atoms with Crippen LogP contribution in [0.2, 0.25) is 0 Å². The molecule has 0 aromatic carbocycles. The summed E-state index contributed by atoms with van der Waals surface area (Å²) in [7, 11) is 0. The summed E-state index contributed by atoms with van der Waals surface area (Å²) in [6.07, 6.45) is -1.64. The van der Waals surface area contributed by atoms with Gasteiger partial charge in [-0.3, -0.25) is 0 Å². The van der Waals surface area contributed by atoms with Gasteiger partial charge in [-0.15, -0.1) is 49.6 Å². The van der Waals surface area contributed by atoms with Crippen LogP contribution in [0.25, 0.3) is 0 Å². The van der Waals surface area contributed by atoms with E-state index in [4.69, 9.17) is 11.5 Å². The van der Waals surface area contributed by atoms with Crippen molar-refractivity contribution in [1.29, 1.82) is 0 Å². The monoisotopic (exact) mass is 352 g/mol. The average Bonchev–Trinajstić information content (AvgIpc) is 2.67. The Morgan fingerprint density at radius 3 is 1.00 bits per heavy atom. The number of nitrogens with two attached hydrogens (primary N) is 2. The molecule has 6 N–H and O–H groups in total. The van der Waals surface area contributed by atoms with Crippen LogP contribution < -0.4 is 22.1 Å². The zero-order valence-corrected chi connectivity index (χ0v) is 12.9. The molecular formula is C8H22Cl4F2N4. The largest absolute Gasteiger partial charge is 0.324 e. The lowest BCUT2D eigenvalue weighted by molar-refractivity contribution is 0.332. The molecule has 0 aliphatic carbocycles. The van der Waals surface area contributed by atoms with Gasteiger partial charge in [0, 0.05) is 38.3 Å². The number of hydrogen-bond donors (Lipinski definition) is 4. The summed E-state index contributed by atoms with van der Waals surface area (Å²) < 4.78 is 24.3. The van der Waals surface area contributed by atoms with Gasteiger partial charge in [0.15, 0.2) is 0 Å². The lowest BCUT2D eigenvalue weighted by atomic mass is 10.3. The molecule has 2 saturated heterocycles. The van der Waals surface area contributed by atoms with Crippen LogP contribution in [0.1, 0.15) is 0 Å². The molecule has 2 rings (SSSR count). The fourth-order valence-electron chi connectivity index (χ4n) is 1.33. The molecular weight excluding hydrogens is 332 g/mol. The number of halogens is 6. The fourth-order valence-corrected chi connectivity index (χ4v) is 1.33. The molecule has 18 heavy (non-hydrogen) atoms. The Bertz CT molecular complexity index is 149. The first kappa shape index (κ1) is 27.2. The molecule has 0 unspecified atom stereocenters. The molecule has 2 heterocycles. The van der Waals surface area contributed by atoms with Gasteiger partial charge < -0.3 is 22.1 Å². The van der Waals surface area contributed by atoms with Crippen LogP contribution in [0.4, 0.5) is 8.78 Å². The van der Waals surface area contributed by atoms with Crippen LogP contribution in [-0.2, 0) is 0 Å². The molecule has 116 valence electrons. The van der Waals surface area contributed by atoms with Crippen LogP contribution in [0, 0.1) is 0 Å². The summed E-state index contributed by atoms with van der Waals surface area (Å²) in [5.74, 6) is 0. The highest BCUT2D eigenvalue weighted by Crippen LogP contribution is 1.99. The molecule has 0 amide bonds. The Kier molecular flexibility index (Phi) is 21.6. The van der Waals surface area contributed by atoms with Gasteiger partial charge in [0.2, 0.25) is 0 Å². The van der Waals surface area contributed by atoms with E-state index < -0.39 is 12.3 Å². The Morgan fingerprint density at radius 1 is 0.667 bits per heavy atom. The van der Waals surface area contributed by atoms with E-state index in [1.165, 1.54) is 0 Å². The molecule has 0 aromatic heterocycles. The van der Waals surface area contributed by atoms with Gasteiger partial charge in [0.05, 0.1) is 0 Å². The molecule has 0 bridgehead atoms. The molecule has 0 aromatic rings. The molecule has 4 atom stereocenters. The van der Waals surface area contributed by atoms with Crippen molar-refractivity contribution in [3.05, 3.63) is 0 Å². The molecule has 4 nitrogen and oxygen atoms in total.